The molecule has 0 spiro atoms. The van der Waals surface area contributed by atoms with Gasteiger partial charge in [-0.2, -0.15) is 0 Å². The summed E-state index contributed by atoms with van der Waals surface area (Å²) in [6.45, 7) is 1.60. The number of hydrogen-bond donors (Lipinski definition) is 1. The number of rotatable bonds is 3. The Morgan fingerprint density at radius 1 is 1.03 bits per heavy atom. The van der Waals surface area contributed by atoms with Crippen molar-refractivity contribution in [3.63, 3.8) is 0 Å². The molecule has 1 saturated heterocycles. The van der Waals surface area contributed by atoms with Gasteiger partial charge in [0.25, 0.3) is 5.91 Å². The molecule has 152 valence electrons. The average Bonchev–Trinajstić information content (AvgIpc) is 3.35. The van der Waals surface area contributed by atoms with Crippen molar-refractivity contribution >= 4 is 17.2 Å². The molecule has 4 aliphatic carbocycles. The zero-order valence-corrected chi connectivity index (χ0v) is 16.8. The summed E-state index contributed by atoms with van der Waals surface area (Å²) < 4.78 is 1.94. The molecule has 2 atom stereocenters. The van der Waals surface area contributed by atoms with Gasteiger partial charge >= 0.3 is 0 Å². The number of pyridine rings is 1. The minimum atomic E-state index is -0.668. The summed E-state index contributed by atoms with van der Waals surface area (Å²) in [6.07, 6.45) is 9.24. The molecular weight excluding hydrogens is 364 g/mol. The van der Waals surface area contributed by atoms with Crippen molar-refractivity contribution < 1.29 is 14.7 Å². The largest absolute Gasteiger partial charge is 0.390 e. The lowest BCUT2D eigenvalue weighted by Gasteiger charge is -2.59. The van der Waals surface area contributed by atoms with Crippen LogP contribution in [0.3, 0.4) is 0 Å². The minimum Gasteiger partial charge on any atom is -0.390 e. The molecule has 29 heavy (non-hydrogen) atoms. The number of hydrogen-bond acceptors (Lipinski definition) is 3. The molecule has 5 heteroatoms. The average molecular weight is 392 g/mol. The first kappa shape index (κ1) is 17.7. The van der Waals surface area contributed by atoms with Gasteiger partial charge in [-0.3, -0.25) is 9.59 Å². The summed E-state index contributed by atoms with van der Waals surface area (Å²) in [6, 6.07) is 7.62. The Bertz CT molecular complexity index is 1000. The van der Waals surface area contributed by atoms with Gasteiger partial charge in [0.2, 0.25) is 0 Å². The van der Waals surface area contributed by atoms with Crippen LogP contribution in [0.1, 0.15) is 72.2 Å². The van der Waals surface area contributed by atoms with Crippen LogP contribution in [0.15, 0.2) is 30.5 Å². The van der Waals surface area contributed by atoms with E-state index < -0.39 is 11.0 Å². The van der Waals surface area contributed by atoms with Gasteiger partial charge in [0.05, 0.1) is 11.3 Å². The maximum absolute atomic E-state index is 14.0. The summed E-state index contributed by atoms with van der Waals surface area (Å²) >= 11 is 0. The van der Waals surface area contributed by atoms with E-state index in [-0.39, 0.29) is 11.7 Å². The summed E-state index contributed by atoms with van der Waals surface area (Å²) in [5.41, 5.74) is 0.983. The number of Topliss-reactive ketones (excluding diaryl/α,β-unsaturated/α-hetero) is 1. The number of likely N-dealkylation sites (tertiary alicyclic amines) is 1. The van der Waals surface area contributed by atoms with Gasteiger partial charge in [-0.05, 0) is 87.5 Å². The van der Waals surface area contributed by atoms with E-state index in [4.69, 9.17) is 0 Å². The van der Waals surface area contributed by atoms with Crippen LogP contribution >= 0.6 is 0 Å². The number of aliphatic hydroxyl groups is 1. The fourth-order valence-corrected chi connectivity index (χ4v) is 7.30. The highest BCUT2D eigenvalue weighted by Gasteiger charge is 2.60. The zero-order chi connectivity index (χ0) is 19.8. The molecule has 4 saturated carbocycles. The van der Waals surface area contributed by atoms with E-state index in [0.29, 0.717) is 29.5 Å². The van der Waals surface area contributed by atoms with Gasteiger partial charge in [-0.15, -0.1) is 0 Å². The van der Waals surface area contributed by atoms with Crippen molar-refractivity contribution in [2.75, 3.05) is 13.1 Å². The molecule has 3 heterocycles. The van der Waals surface area contributed by atoms with Crippen LogP contribution in [0.2, 0.25) is 0 Å². The molecule has 5 nitrogen and oxygen atoms in total. The fraction of sp³-hybridized carbons (Fsp3) is 0.583. The zero-order valence-electron chi connectivity index (χ0n) is 16.8. The standard InChI is InChI=1S/C24H28N2O3/c27-21(23-11-16-8-17(12-23)14-24(29,13-16)15-23)20-10-18(9-19-4-3-7-26(19)20)22(28)25-5-1-2-6-25/h3-4,7,9-10,16-17,29H,1-2,5-6,8,11-15H2. The van der Waals surface area contributed by atoms with Crippen LogP contribution < -0.4 is 0 Å². The molecule has 1 N–H and O–H groups in total. The molecule has 2 aromatic heterocycles. The van der Waals surface area contributed by atoms with E-state index in [2.05, 4.69) is 0 Å². The van der Waals surface area contributed by atoms with Crippen molar-refractivity contribution in [2.24, 2.45) is 17.3 Å². The number of nitrogens with zero attached hydrogens (tertiary/aromatic N) is 2. The minimum absolute atomic E-state index is 0.0318. The van der Waals surface area contributed by atoms with Crippen LogP contribution in [0.25, 0.3) is 5.52 Å². The summed E-state index contributed by atoms with van der Waals surface area (Å²) in [7, 11) is 0. The molecule has 5 aliphatic rings. The van der Waals surface area contributed by atoms with Gasteiger partial charge in [-0.25, -0.2) is 0 Å². The van der Waals surface area contributed by atoms with E-state index in [1.165, 1.54) is 0 Å². The van der Waals surface area contributed by atoms with Gasteiger partial charge in [-0.1, -0.05) is 0 Å². The van der Waals surface area contributed by atoms with Gasteiger partial charge in [0.15, 0.2) is 5.78 Å². The predicted molar refractivity (Wildman–Crippen MR) is 109 cm³/mol. The lowest BCUT2D eigenvalue weighted by molar-refractivity contribution is -0.148. The van der Waals surface area contributed by atoms with E-state index in [9.17, 15) is 14.7 Å². The number of carbonyl (C=O) groups is 2. The van der Waals surface area contributed by atoms with E-state index >= 15 is 0 Å². The van der Waals surface area contributed by atoms with E-state index in [1.54, 1.807) is 0 Å². The van der Waals surface area contributed by atoms with Crippen molar-refractivity contribution in [2.45, 2.75) is 57.0 Å². The van der Waals surface area contributed by atoms with Crippen molar-refractivity contribution in [3.05, 3.63) is 41.7 Å². The predicted octanol–water partition coefficient (Wildman–Crippen LogP) is 3.69. The van der Waals surface area contributed by atoms with Crippen molar-refractivity contribution in [1.82, 2.24) is 9.30 Å². The molecule has 5 fully saturated rings. The third-order valence-corrected chi connectivity index (χ3v) is 8.02. The molecule has 1 amide bonds. The first-order valence-corrected chi connectivity index (χ1v) is 11.1. The number of aromatic nitrogens is 1. The van der Waals surface area contributed by atoms with Crippen LogP contribution in [0, 0.1) is 17.3 Å². The molecule has 0 radical (unpaired) electrons. The maximum atomic E-state index is 14.0. The molecule has 1 aliphatic heterocycles. The Morgan fingerprint density at radius 3 is 2.45 bits per heavy atom. The Kier molecular flexibility index (Phi) is 3.63. The molecule has 2 aromatic rings. The Balaban J connectivity index is 1.43. The maximum Gasteiger partial charge on any atom is 0.254 e. The molecule has 4 bridgehead atoms. The van der Waals surface area contributed by atoms with Crippen LogP contribution in [-0.4, -0.2) is 44.8 Å². The highest BCUT2D eigenvalue weighted by Crippen LogP contribution is 2.62. The SMILES string of the molecule is O=C(c1cc(C(=O)C23CC4CC(CC(O)(C4)C2)C3)n2cccc2c1)N1CCCC1. The lowest BCUT2D eigenvalue weighted by Crippen LogP contribution is -2.58. The second kappa shape index (κ2) is 5.94. The number of ketones is 1. The summed E-state index contributed by atoms with van der Waals surface area (Å²) in [4.78, 5) is 28.9. The van der Waals surface area contributed by atoms with Gasteiger partial charge < -0.3 is 14.4 Å². The highest BCUT2D eigenvalue weighted by atomic mass is 16.3. The first-order valence-electron chi connectivity index (χ1n) is 11.1. The van der Waals surface area contributed by atoms with Crippen LogP contribution in [0.5, 0.6) is 0 Å². The fourth-order valence-electron chi connectivity index (χ4n) is 7.30. The third kappa shape index (κ3) is 2.63. The molecule has 2 unspecified atom stereocenters. The highest BCUT2D eigenvalue weighted by molar-refractivity contribution is 6.03. The monoisotopic (exact) mass is 392 g/mol. The van der Waals surface area contributed by atoms with E-state index in [0.717, 1.165) is 63.6 Å². The van der Waals surface area contributed by atoms with Gasteiger partial charge in [0.1, 0.15) is 0 Å². The quantitative estimate of drug-likeness (QED) is 0.811. The van der Waals surface area contributed by atoms with Crippen molar-refractivity contribution in [1.29, 1.82) is 0 Å². The Hall–Kier alpha value is -2.14. The van der Waals surface area contributed by atoms with Crippen LogP contribution in [-0.2, 0) is 0 Å². The van der Waals surface area contributed by atoms with E-state index in [1.807, 2.05) is 39.8 Å². The number of amides is 1. The second-order valence-electron chi connectivity index (χ2n) is 10.2. The topological polar surface area (TPSA) is 62.0 Å². The molecule has 0 aromatic carbocycles. The van der Waals surface area contributed by atoms with Gasteiger partial charge in [0, 0.05) is 35.8 Å². The summed E-state index contributed by atoms with van der Waals surface area (Å²) in [5.74, 6) is 1.08. The van der Waals surface area contributed by atoms with Crippen LogP contribution in [0.4, 0.5) is 0 Å². The Morgan fingerprint density at radius 2 is 1.76 bits per heavy atom. The lowest BCUT2D eigenvalue weighted by atomic mass is 9.46. The molecular formula is C24H28N2O3. The number of carbonyl (C=O) groups excluding carboxylic acids is 2. The second-order valence-corrected chi connectivity index (χ2v) is 10.2. The third-order valence-electron chi connectivity index (χ3n) is 8.02. The normalized spacial score (nSPS) is 35.6. The van der Waals surface area contributed by atoms with Crippen molar-refractivity contribution in [3.8, 4) is 0 Å². The Labute approximate surface area is 170 Å². The number of fused-ring (bicyclic) bond motifs is 1. The summed E-state index contributed by atoms with van der Waals surface area (Å²) in [5, 5.41) is 11.1. The first-order chi connectivity index (χ1) is 13.9. The molecule has 7 rings (SSSR count). The smallest absolute Gasteiger partial charge is 0.254 e.